The molecule has 2 heterocycles. The van der Waals surface area contributed by atoms with E-state index < -0.39 is 9.84 Å². The van der Waals surface area contributed by atoms with Crippen molar-refractivity contribution in [1.29, 1.82) is 0 Å². The number of likely N-dealkylation sites (tertiary alicyclic amines) is 1. The lowest BCUT2D eigenvalue weighted by Crippen LogP contribution is -2.53. The molecule has 8 heteroatoms. The van der Waals surface area contributed by atoms with Gasteiger partial charge in [0.05, 0.1) is 18.1 Å². The molecule has 0 saturated carbocycles. The molecule has 2 aliphatic rings. The molecule has 0 spiro atoms. The molecule has 7 nitrogen and oxygen atoms in total. The first-order valence-electron chi connectivity index (χ1n) is 11.5. The van der Waals surface area contributed by atoms with E-state index in [0.717, 1.165) is 23.4 Å². The maximum Gasteiger partial charge on any atom is 0.320 e. The van der Waals surface area contributed by atoms with E-state index in [0.29, 0.717) is 44.3 Å². The van der Waals surface area contributed by atoms with Gasteiger partial charge in [0.2, 0.25) is 0 Å². The van der Waals surface area contributed by atoms with Gasteiger partial charge in [-0.2, -0.15) is 0 Å². The molecule has 2 atom stereocenters. The third-order valence-electron chi connectivity index (χ3n) is 6.55. The smallest absolute Gasteiger partial charge is 0.320 e. The minimum atomic E-state index is -3.25. The molecular weight excluding hydrogens is 438 g/mol. The largest absolute Gasteiger partial charge is 0.378 e. The highest BCUT2D eigenvalue weighted by Crippen LogP contribution is 2.33. The summed E-state index contributed by atoms with van der Waals surface area (Å²) in [4.78, 5) is 22.2. The number of hydrogen-bond donors (Lipinski definition) is 0. The number of rotatable bonds is 4. The van der Waals surface area contributed by atoms with Crippen molar-refractivity contribution in [2.75, 3.05) is 45.6 Å². The van der Waals surface area contributed by atoms with Gasteiger partial charge in [0, 0.05) is 61.1 Å². The van der Waals surface area contributed by atoms with E-state index in [2.05, 4.69) is 27.4 Å². The molecule has 33 heavy (non-hydrogen) atoms. The Morgan fingerprint density at radius 3 is 2.24 bits per heavy atom. The summed E-state index contributed by atoms with van der Waals surface area (Å²) < 4.78 is 29.1. The number of urea groups is 1. The summed E-state index contributed by atoms with van der Waals surface area (Å²) in [6, 6.07) is 7.10. The fraction of sp³-hybridized carbons (Fsp3) is 0.600. The van der Waals surface area contributed by atoms with Crippen LogP contribution in [0.4, 0.5) is 4.79 Å². The predicted molar refractivity (Wildman–Crippen MR) is 131 cm³/mol. The van der Waals surface area contributed by atoms with Crippen molar-refractivity contribution in [1.82, 2.24) is 9.80 Å². The maximum atomic E-state index is 13.3. The van der Waals surface area contributed by atoms with Crippen molar-refractivity contribution in [2.24, 2.45) is 16.3 Å². The van der Waals surface area contributed by atoms with Gasteiger partial charge in [-0.3, -0.25) is 4.99 Å². The Hall–Kier alpha value is -2.19. The number of allylic oxidation sites excluding steroid dienone is 1. The van der Waals surface area contributed by atoms with Crippen LogP contribution in [0.2, 0.25) is 0 Å². The molecule has 3 rings (SSSR count). The van der Waals surface area contributed by atoms with E-state index in [1.807, 2.05) is 28.9 Å². The van der Waals surface area contributed by atoms with Gasteiger partial charge in [-0.1, -0.05) is 39.5 Å². The fourth-order valence-electron chi connectivity index (χ4n) is 4.21. The van der Waals surface area contributed by atoms with Crippen molar-refractivity contribution in [3.63, 3.8) is 0 Å². The molecular formula is C25H37N3O4S. The molecule has 2 saturated heterocycles. The van der Waals surface area contributed by atoms with Crippen molar-refractivity contribution < 1.29 is 17.9 Å². The first kappa shape index (κ1) is 25.4. The zero-order chi connectivity index (χ0) is 24.4. The molecule has 0 N–H and O–H groups in total. The number of carbonyl (C=O) groups excluding carboxylic acids is 1. The van der Waals surface area contributed by atoms with Crippen LogP contribution in [0.5, 0.6) is 0 Å². The number of piperidine rings is 1. The third-order valence-corrected chi connectivity index (χ3v) is 7.68. The molecule has 2 amide bonds. The first-order valence-corrected chi connectivity index (χ1v) is 13.4. The van der Waals surface area contributed by atoms with Crippen LogP contribution < -0.4 is 0 Å². The first-order chi connectivity index (χ1) is 15.4. The van der Waals surface area contributed by atoms with Gasteiger partial charge in [0.25, 0.3) is 0 Å². The molecule has 182 valence electrons. The summed E-state index contributed by atoms with van der Waals surface area (Å²) in [5, 5.41) is 0. The second kappa shape index (κ2) is 9.97. The van der Waals surface area contributed by atoms with Crippen LogP contribution in [-0.2, 0) is 14.6 Å². The molecule has 0 bridgehead atoms. The van der Waals surface area contributed by atoms with E-state index in [1.165, 1.54) is 6.26 Å². The van der Waals surface area contributed by atoms with Crippen LogP contribution in [0.1, 0.15) is 45.6 Å². The maximum absolute atomic E-state index is 13.3. The predicted octanol–water partition coefficient (Wildman–Crippen LogP) is 3.97. The molecule has 0 aliphatic carbocycles. The van der Waals surface area contributed by atoms with E-state index in [9.17, 15) is 13.2 Å². The number of aliphatic imine (C=N–C) groups is 1. The van der Waals surface area contributed by atoms with Gasteiger partial charge >= 0.3 is 6.03 Å². The molecule has 1 aromatic rings. The van der Waals surface area contributed by atoms with E-state index >= 15 is 0 Å². The summed E-state index contributed by atoms with van der Waals surface area (Å²) >= 11 is 0. The monoisotopic (exact) mass is 475 g/mol. The van der Waals surface area contributed by atoms with Crippen LogP contribution in [0.15, 0.2) is 46.4 Å². The number of sulfone groups is 1. The number of carbonyl (C=O) groups is 1. The Kier molecular flexibility index (Phi) is 7.69. The van der Waals surface area contributed by atoms with E-state index in [4.69, 9.17) is 9.73 Å². The van der Waals surface area contributed by atoms with Gasteiger partial charge in [0.15, 0.2) is 9.84 Å². The van der Waals surface area contributed by atoms with Crippen LogP contribution in [0, 0.1) is 11.3 Å². The Labute approximate surface area is 198 Å². The SMILES string of the molecule is C=C(N=C(C)C1CC(c2ccc(S(C)(=O)=O)cc2)CN(C(=O)N2CCOCC2)C1)C(C)(C)C. The highest BCUT2D eigenvalue weighted by molar-refractivity contribution is 7.90. The number of amides is 2. The second-order valence-electron chi connectivity index (χ2n) is 10.2. The zero-order valence-electron chi connectivity index (χ0n) is 20.5. The number of benzene rings is 1. The highest BCUT2D eigenvalue weighted by atomic mass is 32.2. The number of hydrogen-bond acceptors (Lipinski definition) is 5. The minimum Gasteiger partial charge on any atom is -0.378 e. The Bertz CT molecular complexity index is 1000. The topological polar surface area (TPSA) is 79.3 Å². The number of ether oxygens (including phenoxy) is 1. The van der Waals surface area contributed by atoms with Crippen LogP contribution >= 0.6 is 0 Å². The van der Waals surface area contributed by atoms with Gasteiger partial charge in [-0.15, -0.1) is 0 Å². The molecule has 0 aromatic heterocycles. The van der Waals surface area contributed by atoms with E-state index in [1.54, 1.807) is 12.1 Å². The van der Waals surface area contributed by atoms with Crippen LogP contribution in [0.25, 0.3) is 0 Å². The quantitative estimate of drug-likeness (QED) is 0.617. The Morgan fingerprint density at radius 1 is 1.09 bits per heavy atom. The highest BCUT2D eigenvalue weighted by Gasteiger charge is 2.35. The number of morpholine rings is 1. The van der Waals surface area contributed by atoms with Crippen LogP contribution in [-0.4, -0.2) is 75.6 Å². The van der Waals surface area contributed by atoms with Crippen molar-refractivity contribution in [3.05, 3.63) is 42.1 Å². The standard InChI is InChI=1S/C25H37N3O4S/c1-18(26-19(2)25(3,4)5)21-15-22(20-7-9-23(10-8-20)33(6,30)31)17-28(16-21)24(29)27-11-13-32-14-12-27/h7-10,21-22H,2,11-17H2,1,3-6H3. The van der Waals surface area contributed by atoms with Gasteiger partial charge < -0.3 is 14.5 Å². The molecule has 2 unspecified atom stereocenters. The van der Waals surface area contributed by atoms with E-state index in [-0.39, 0.29) is 23.3 Å². The van der Waals surface area contributed by atoms with Gasteiger partial charge in [-0.25, -0.2) is 13.2 Å². The second-order valence-corrected chi connectivity index (χ2v) is 12.2. The lowest BCUT2D eigenvalue weighted by Gasteiger charge is -2.41. The summed E-state index contributed by atoms with van der Waals surface area (Å²) in [5.41, 5.74) is 2.72. The lowest BCUT2D eigenvalue weighted by molar-refractivity contribution is 0.0396. The lowest BCUT2D eigenvalue weighted by atomic mass is 9.82. The fourth-order valence-corrected chi connectivity index (χ4v) is 4.84. The Balaban J connectivity index is 1.88. The van der Waals surface area contributed by atoms with Gasteiger partial charge in [-0.05, 0) is 31.0 Å². The average molecular weight is 476 g/mol. The van der Waals surface area contributed by atoms with Crippen molar-refractivity contribution in [2.45, 2.75) is 44.9 Å². The minimum absolute atomic E-state index is 0.0307. The normalized spacial score (nSPS) is 22.9. The summed E-state index contributed by atoms with van der Waals surface area (Å²) in [7, 11) is -3.25. The summed E-state index contributed by atoms with van der Waals surface area (Å²) in [6.45, 7) is 16.0. The Morgan fingerprint density at radius 2 is 1.70 bits per heavy atom. The molecule has 1 aromatic carbocycles. The molecule has 2 aliphatic heterocycles. The third kappa shape index (κ3) is 6.44. The van der Waals surface area contributed by atoms with Gasteiger partial charge in [0.1, 0.15) is 0 Å². The molecule has 0 radical (unpaired) electrons. The molecule has 2 fully saturated rings. The van der Waals surface area contributed by atoms with Crippen molar-refractivity contribution in [3.8, 4) is 0 Å². The van der Waals surface area contributed by atoms with Crippen molar-refractivity contribution >= 4 is 21.6 Å². The summed E-state index contributed by atoms with van der Waals surface area (Å²) in [6.07, 6.45) is 2.06. The zero-order valence-corrected chi connectivity index (χ0v) is 21.3. The van der Waals surface area contributed by atoms with Crippen LogP contribution in [0.3, 0.4) is 0 Å². The average Bonchev–Trinajstić information content (AvgIpc) is 2.77. The number of nitrogens with zero attached hydrogens (tertiary/aromatic N) is 3. The summed E-state index contributed by atoms with van der Waals surface area (Å²) in [5.74, 6) is 0.192.